The van der Waals surface area contributed by atoms with Gasteiger partial charge < -0.3 is 15.7 Å². The maximum Gasteiger partial charge on any atom is 0.220 e. The smallest absolute Gasteiger partial charge is 0.220 e. The third kappa shape index (κ3) is 7.65. The van der Waals surface area contributed by atoms with Crippen LogP contribution in [-0.4, -0.2) is 36.8 Å². The molecule has 1 rings (SSSR count). The standard InChI is InChI=1S/C12H24N2O2/c15-10-3-1-2-8-13-9-4-5-12(16)14-11-6-7-11/h11,13,15H,1-10H2,(H,14,16). The summed E-state index contributed by atoms with van der Waals surface area (Å²) in [7, 11) is 0. The first-order chi connectivity index (χ1) is 7.83. The molecular weight excluding hydrogens is 204 g/mol. The minimum absolute atomic E-state index is 0.199. The number of carbonyl (C=O) groups excluding carboxylic acids is 1. The fraction of sp³-hybridized carbons (Fsp3) is 0.917. The van der Waals surface area contributed by atoms with E-state index in [1.54, 1.807) is 0 Å². The number of carbonyl (C=O) groups is 1. The summed E-state index contributed by atoms with van der Waals surface area (Å²) in [5.41, 5.74) is 0. The quantitative estimate of drug-likeness (QED) is 0.485. The predicted molar refractivity (Wildman–Crippen MR) is 64.2 cm³/mol. The van der Waals surface area contributed by atoms with Gasteiger partial charge in [-0.1, -0.05) is 0 Å². The number of unbranched alkanes of at least 4 members (excludes halogenated alkanes) is 2. The van der Waals surface area contributed by atoms with Gasteiger partial charge in [-0.15, -0.1) is 0 Å². The van der Waals surface area contributed by atoms with E-state index in [1.165, 1.54) is 0 Å². The highest BCUT2D eigenvalue weighted by Crippen LogP contribution is 2.18. The van der Waals surface area contributed by atoms with Crippen molar-refractivity contribution >= 4 is 5.91 Å². The first kappa shape index (κ1) is 13.5. The van der Waals surface area contributed by atoms with Crippen LogP contribution < -0.4 is 10.6 Å². The fourth-order valence-electron chi connectivity index (χ4n) is 1.57. The first-order valence-corrected chi connectivity index (χ1v) is 6.44. The zero-order valence-electron chi connectivity index (χ0n) is 10.0. The highest BCUT2D eigenvalue weighted by Gasteiger charge is 2.22. The summed E-state index contributed by atoms with van der Waals surface area (Å²) >= 11 is 0. The van der Waals surface area contributed by atoms with Crippen molar-refractivity contribution in [2.24, 2.45) is 0 Å². The van der Waals surface area contributed by atoms with Crippen molar-refractivity contribution in [1.82, 2.24) is 10.6 Å². The van der Waals surface area contributed by atoms with Crippen LogP contribution in [0.1, 0.15) is 44.9 Å². The van der Waals surface area contributed by atoms with Crippen LogP contribution in [0.25, 0.3) is 0 Å². The van der Waals surface area contributed by atoms with E-state index >= 15 is 0 Å². The highest BCUT2D eigenvalue weighted by atomic mass is 16.2. The minimum atomic E-state index is 0.199. The monoisotopic (exact) mass is 228 g/mol. The molecule has 0 saturated heterocycles. The molecule has 1 fully saturated rings. The molecule has 4 heteroatoms. The van der Waals surface area contributed by atoms with Gasteiger partial charge in [0.1, 0.15) is 0 Å². The Bertz CT molecular complexity index is 193. The molecule has 0 aliphatic heterocycles. The van der Waals surface area contributed by atoms with Crippen LogP contribution in [0, 0.1) is 0 Å². The van der Waals surface area contributed by atoms with Crippen LogP contribution >= 0.6 is 0 Å². The van der Waals surface area contributed by atoms with Crippen molar-refractivity contribution in [3.8, 4) is 0 Å². The summed E-state index contributed by atoms with van der Waals surface area (Å²) in [6.07, 6.45) is 6.95. The normalized spacial score (nSPS) is 15.1. The second-order valence-corrected chi connectivity index (χ2v) is 4.48. The van der Waals surface area contributed by atoms with Gasteiger partial charge in [-0.2, -0.15) is 0 Å². The molecule has 4 nitrogen and oxygen atoms in total. The van der Waals surface area contributed by atoms with Gasteiger partial charge in [0.2, 0.25) is 5.91 Å². The second-order valence-electron chi connectivity index (χ2n) is 4.48. The lowest BCUT2D eigenvalue weighted by Gasteiger charge is -2.05. The number of rotatable bonds is 10. The molecule has 1 amide bonds. The number of nitrogens with one attached hydrogen (secondary N) is 2. The molecule has 1 aliphatic carbocycles. The van der Waals surface area contributed by atoms with E-state index in [2.05, 4.69) is 10.6 Å². The minimum Gasteiger partial charge on any atom is -0.396 e. The van der Waals surface area contributed by atoms with Crippen molar-refractivity contribution in [3.63, 3.8) is 0 Å². The molecule has 0 aromatic rings. The van der Waals surface area contributed by atoms with Crippen molar-refractivity contribution < 1.29 is 9.90 Å². The molecule has 0 aromatic carbocycles. The molecular formula is C12H24N2O2. The largest absolute Gasteiger partial charge is 0.396 e. The summed E-state index contributed by atoms with van der Waals surface area (Å²) in [5.74, 6) is 0.199. The van der Waals surface area contributed by atoms with Crippen molar-refractivity contribution in [2.75, 3.05) is 19.7 Å². The lowest BCUT2D eigenvalue weighted by molar-refractivity contribution is -0.121. The van der Waals surface area contributed by atoms with Crippen molar-refractivity contribution in [3.05, 3.63) is 0 Å². The van der Waals surface area contributed by atoms with Crippen LogP contribution in [0.2, 0.25) is 0 Å². The summed E-state index contributed by atoms with van der Waals surface area (Å²) < 4.78 is 0. The molecule has 3 N–H and O–H groups in total. The van der Waals surface area contributed by atoms with Gasteiger partial charge in [-0.3, -0.25) is 4.79 Å². The zero-order chi connectivity index (χ0) is 11.6. The predicted octanol–water partition coefficient (Wildman–Crippen LogP) is 0.797. The lowest BCUT2D eigenvalue weighted by atomic mass is 10.2. The molecule has 0 heterocycles. The second kappa shape index (κ2) is 8.53. The van der Waals surface area contributed by atoms with Crippen LogP contribution in [-0.2, 0) is 4.79 Å². The first-order valence-electron chi connectivity index (χ1n) is 6.44. The number of aliphatic hydroxyl groups excluding tert-OH is 1. The number of amides is 1. The van der Waals surface area contributed by atoms with E-state index < -0.39 is 0 Å². The topological polar surface area (TPSA) is 61.4 Å². The molecule has 0 spiro atoms. The van der Waals surface area contributed by atoms with Crippen molar-refractivity contribution in [1.29, 1.82) is 0 Å². The Morgan fingerprint density at radius 1 is 1.12 bits per heavy atom. The van der Waals surface area contributed by atoms with Gasteiger partial charge in [0, 0.05) is 19.1 Å². The van der Waals surface area contributed by atoms with Crippen molar-refractivity contribution in [2.45, 2.75) is 51.0 Å². The number of hydrogen-bond donors (Lipinski definition) is 3. The van der Waals surface area contributed by atoms with Crippen LogP contribution in [0.5, 0.6) is 0 Å². The van der Waals surface area contributed by atoms with Gasteiger partial charge in [-0.05, 0) is 51.6 Å². The molecule has 1 aliphatic rings. The summed E-state index contributed by atoms with van der Waals surface area (Å²) in [6, 6.07) is 0.485. The highest BCUT2D eigenvalue weighted by molar-refractivity contribution is 5.76. The van der Waals surface area contributed by atoms with Crippen LogP contribution in [0.3, 0.4) is 0 Å². The molecule has 16 heavy (non-hydrogen) atoms. The molecule has 1 saturated carbocycles. The summed E-state index contributed by atoms with van der Waals surface area (Å²) in [5, 5.41) is 14.9. The maximum atomic E-state index is 11.3. The Hall–Kier alpha value is -0.610. The van der Waals surface area contributed by atoms with Gasteiger partial charge in [0.25, 0.3) is 0 Å². The Labute approximate surface area is 97.8 Å². The number of aliphatic hydroxyl groups is 1. The third-order valence-electron chi connectivity index (χ3n) is 2.71. The van der Waals surface area contributed by atoms with Gasteiger partial charge in [-0.25, -0.2) is 0 Å². The Kier molecular flexibility index (Phi) is 7.17. The molecule has 0 bridgehead atoms. The van der Waals surface area contributed by atoms with E-state index in [0.29, 0.717) is 19.1 Å². The summed E-state index contributed by atoms with van der Waals surface area (Å²) in [6.45, 7) is 2.20. The molecule has 0 atom stereocenters. The fourth-order valence-corrected chi connectivity index (χ4v) is 1.57. The maximum absolute atomic E-state index is 11.3. The van der Waals surface area contributed by atoms with E-state index in [0.717, 1.165) is 51.6 Å². The lowest BCUT2D eigenvalue weighted by Crippen LogP contribution is -2.26. The van der Waals surface area contributed by atoms with Gasteiger partial charge in [0.05, 0.1) is 0 Å². The molecule has 0 radical (unpaired) electrons. The Morgan fingerprint density at radius 2 is 1.88 bits per heavy atom. The number of hydrogen-bond acceptors (Lipinski definition) is 3. The van der Waals surface area contributed by atoms with E-state index in [1.807, 2.05) is 0 Å². The van der Waals surface area contributed by atoms with Gasteiger partial charge >= 0.3 is 0 Å². The average molecular weight is 228 g/mol. The summed E-state index contributed by atoms with van der Waals surface area (Å²) in [4.78, 5) is 11.3. The van der Waals surface area contributed by atoms with Gasteiger partial charge in [0.15, 0.2) is 0 Å². The van der Waals surface area contributed by atoms with Crippen LogP contribution in [0.15, 0.2) is 0 Å². The molecule has 0 aromatic heterocycles. The van der Waals surface area contributed by atoms with Crippen LogP contribution in [0.4, 0.5) is 0 Å². The molecule has 94 valence electrons. The van der Waals surface area contributed by atoms with E-state index in [-0.39, 0.29) is 5.91 Å². The average Bonchev–Trinajstić information content (AvgIpc) is 3.06. The SMILES string of the molecule is O=C(CCCNCCCCCO)NC1CC1. The zero-order valence-corrected chi connectivity index (χ0v) is 10.0. The third-order valence-corrected chi connectivity index (χ3v) is 2.71. The Balaban J connectivity index is 1.75. The Morgan fingerprint density at radius 3 is 2.56 bits per heavy atom. The van der Waals surface area contributed by atoms with E-state index in [9.17, 15) is 4.79 Å². The molecule has 0 unspecified atom stereocenters. The van der Waals surface area contributed by atoms with E-state index in [4.69, 9.17) is 5.11 Å².